The van der Waals surface area contributed by atoms with Crippen molar-refractivity contribution in [2.45, 2.75) is 57.5 Å². The molecule has 1 saturated carbocycles. The normalized spacial score (nSPS) is 21.1. The van der Waals surface area contributed by atoms with Crippen LogP contribution in [0.5, 0.6) is 11.5 Å². The zero-order valence-electron chi connectivity index (χ0n) is 14.9. The zero-order chi connectivity index (χ0) is 17.1. The molecule has 0 saturated heterocycles. The van der Waals surface area contributed by atoms with Crippen molar-refractivity contribution < 1.29 is 9.47 Å². The van der Waals surface area contributed by atoms with E-state index in [1.54, 1.807) is 14.2 Å². The first kappa shape index (κ1) is 17.3. The standard InChI is InChI=1S/C19H28N2O2S/c1-13-16-12-18(23-3)17(22-2)11-14(16)9-10-21(13)19(24)20-15-7-5-4-6-8-15/h11-13,15H,4-10H2,1-3H3,(H,20,24)/t13-/m1/s1. The molecule has 0 unspecified atom stereocenters. The quantitative estimate of drug-likeness (QED) is 0.840. The molecule has 1 atom stereocenters. The number of methoxy groups -OCH3 is 2. The second kappa shape index (κ2) is 7.60. The van der Waals surface area contributed by atoms with Gasteiger partial charge in [-0.3, -0.25) is 0 Å². The van der Waals surface area contributed by atoms with Crippen LogP contribution in [0.25, 0.3) is 0 Å². The summed E-state index contributed by atoms with van der Waals surface area (Å²) in [4.78, 5) is 2.32. The molecule has 0 bridgehead atoms. The van der Waals surface area contributed by atoms with Crippen molar-refractivity contribution in [3.63, 3.8) is 0 Å². The lowest BCUT2D eigenvalue weighted by atomic mass is 9.92. The fraction of sp³-hybridized carbons (Fsp3) is 0.632. The van der Waals surface area contributed by atoms with Gasteiger partial charge in [0.2, 0.25) is 0 Å². The van der Waals surface area contributed by atoms with E-state index in [0.29, 0.717) is 6.04 Å². The molecule has 4 nitrogen and oxygen atoms in total. The third-order valence-corrected chi connectivity index (χ3v) is 5.73. The van der Waals surface area contributed by atoms with Crippen molar-refractivity contribution in [2.24, 2.45) is 0 Å². The molecular weight excluding hydrogens is 320 g/mol. The summed E-state index contributed by atoms with van der Waals surface area (Å²) in [6, 6.07) is 5.01. The van der Waals surface area contributed by atoms with Crippen molar-refractivity contribution in [3.8, 4) is 11.5 Å². The topological polar surface area (TPSA) is 33.7 Å². The van der Waals surface area contributed by atoms with Gasteiger partial charge in [0.05, 0.1) is 20.3 Å². The first-order valence-corrected chi connectivity index (χ1v) is 9.36. The first-order chi connectivity index (χ1) is 11.6. The highest BCUT2D eigenvalue weighted by Gasteiger charge is 2.28. The van der Waals surface area contributed by atoms with Gasteiger partial charge in [-0.2, -0.15) is 0 Å². The third-order valence-electron chi connectivity index (χ3n) is 5.38. The van der Waals surface area contributed by atoms with Crippen LogP contribution in [0, 0.1) is 0 Å². The molecule has 1 fully saturated rings. The molecule has 1 N–H and O–H groups in total. The number of rotatable bonds is 3. The molecule has 3 rings (SSSR count). The summed E-state index contributed by atoms with van der Waals surface area (Å²) in [5, 5.41) is 4.50. The van der Waals surface area contributed by atoms with Crippen molar-refractivity contribution in [1.29, 1.82) is 0 Å². The maximum Gasteiger partial charge on any atom is 0.169 e. The molecule has 1 aromatic rings. The van der Waals surface area contributed by atoms with Gasteiger partial charge in [-0.05, 0) is 61.7 Å². The summed E-state index contributed by atoms with van der Waals surface area (Å²) in [5.41, 5.74) is 2.61. The van der Waals surface area contributed by atoms with Crippen molar-refractivity contribution in [3.05, 3.63) is 23.3 Å². The van der Waals surface area contributed by atoms with E-state index in [1.165, 1.54) is 43.2 Å². The Labute approximate surface area is 150 Å². The summed E-state index contributed by atoms with van der Waals surface area (Å²) in [6.07, 6.45) is 7.45. The van der Waals surface area contributed by atoms with Gasteiger partial charge in [0.25, 0.3) is 0 Å². The SMILES string of the molecule is COc1cc2c(cc1OC)[C@@H](C)N(C(=S)NC1CCCCC1)CC2. The van der Waals surface area contributed by atoms with Crippen LogP contribution in [0.3, 0.4) is 0 Å². The lowest BCUT2D eigenvalue weighted by Gasteiger charge is -2.39. The van der Waals surface area contributed by atoms with Gasteiger partial charge in [-0.1, -0.05) is 19.3 Å². The van der Waals surface area contributed by atoms with Crippen LogP contribution in [0.2, 0.25) is 0 Å². The molecule has 1 heterocycles. The Balaban J connectivity index is 1.75. The van der Waals surface area contributed by atoms with E-state index in [-0.39, 0.29) is 6.04 Å². The highest BCUT2D eigenvalue weighted by Crippen LogP contribution is 2.38. The van der Waals surface area contributed by atoms with Gasteiger partial charge in [-0.25, -0.2) is 0 Å². The second-order valence-electron chi connectivity index (χ2n) is 6.81. The van der Waals surface area contributed by atoms with E-state index < -0.39 is 0 Å². The molecular formula is C19H28N2O2S. The van der Waals surface area contributed by atoms with Crippen LogP contribution in [-0.4, -0.2) is 36.8 Å². The lowest BCUT2D eigenvalue weighted by molar-refractivity contribution is 0.298. The number of ether oxygens (including phenoxy) is 2. The number of fused-ring (bicyclic) bond motifs is 1. The van der Waals surface area contributed by atoms with Crippen molar-refractivity contribution in [2.75, 3.05) is 20.8 Å². The fourth-order valence-corrected chi connectivity index (χ4v) is 4.34. The molecule has 0 radical (unpaired) electrons. The molecule has 1 aromatic carbocycles. The Kier molecular flexibility index (Phi) is 5.49. The molecule has 5 heteroatoms. The largest absolute Gasteiger partial charge is 0.493 e. The van der Waals surface area contributed by atoms with Gasteiger partial charge in [0, 0.05) is 12.6 Å². The van der Waals surface area contributed by atoms with Crippen molar-refractivity contribution in [1.82, 2.24) is 10.2 Å². The minimum absolute atomic E-state index is 0.247. The van der Waals surface area contributed by atoms with Gasteiger partial charge in [0.1, 0.15) is 0 Å². The third kappa shape index (κ3) is 3.46. The van der Waals surface area contributed by atoms with E-state index >= 15 is 0 Å². The van der Waals surface area contributed by atoms with E-state index in [2.05, 4.69) is 29.3 Å². The Bertz CT molecular complexity index is 599. The summed E-state index contributed by atoms with van der Waals surface area (Å²) < 4.78 is 10.9. The maximum absolute atomic E-state index is 5.73. The Morgan fingerprint density at radius 1 is 1.12 bits per heavy atom. The molecule has 1 aliphatic carbocycles. The van der Waals surface area contributed by atoms with Crippen LogP contribution < -0.4 is 14.8 Å². The van der Waals surface area contributed by atoms with Gasteiger partial charge in [0.15, 0.2) is 16.6 Å². The number of benzene rings is 1. The maximum atomic E-state index is 5.73. The lowest BCUT2D eigenvalue weighted by Crippen LogP contribution is -2.48. The van der Waals surface area contributed by atoms with E-state index in [4.69, 9.17) is 21.7 Å². The minimum atomic E-state index is 0.247. The molecule has 0 spiro atoms. The first-order valence-electron chi connectivity index (χ1n) is 8.96. The number of nitrogens with zero attached hydrogens (tertiary/aromatic N) is 1. The Morgan fingerprint density at radius 2 is 1.79 bits per heavy atom. The predicted molar refractivity (Wildman–Crippen MR) is 101 cm³/mol. The highest BCUT2D eigenvalue weighted by molar-refractivity contribution is 7.80. The number of hydrogen-bond donors (Lipinski definition) is 1. The van der Waals surface area contributed by atoms with Crippen LogP contribution in [0.1, 0.15) is 56.2 Å². The van der Waals surface area contributed by atoms with E-state index in [1.807, 2.05) is 0 Å². The summed E-state index contributed by atoms with van der Waals surface area (Å²) >= 11 is 5.73. The average molecular weight is 349 g/mol. The van der Waals surface area contributed by atoms with Crippen LogP contribution in [0.4, 0.5) is 0 Å². The fourth-order valence-electron chi connectivity index (χ4n) is 3.93. The van der Waals surface area contributed by atoms with Crippen LogP contribution in [0.15, 0.2) is 12.1 Å². The highest BCUT2D eigenvalue weighted by atomic mass is 32.1. The van der Waals surface area contributed by atoms with Gasteiger partial charge in [-0.15, -0.1) is 0 Å². The van der Waals surface area contributed by atoms with E-state index in [0.717, 1.165) is 29.6 Å². The summed E-state index contributed by atoms with van der Waals surface area (Å²) in [6.45, 7) is 3.17. The zero-order valence-corrected chi connectivity index (χ0v) is 15.7. The molecule has 0 amide bonds. The van der Waals surface area contributed by atoms with Crippen molar-refractivity contribution >= 4 is 17.3 Å². The predicted octanol–water partition coefficient (Wildman–Crippen LogP) is 3.83. The average Bonchev–Trinajstić information content (AvgIpc) is 2.61. The van der Waals surface area contributed by atoms with Crippen LogP contribution in [-0.2, 0) is 6.42 Å². The molecule has 0 aromatic heterocycles. The molecule has 2 aliphatic rings. The second-order valence-corrected chi connectivity index (χ2v) is 7.20. The molecule has 132 valence electrons. The van der Waals surface area contributed by atoms with Gasteiger partial charge < -0.3 is 19.7 Å². The summed E-state index contributed by atoms with van der Waals surface area (Å²) in [7, 11) is 3.37. The summed E-state index contributed by atoms with van der Waals surface area (Å²) in [5.74, 6) is 1.59. The molecule has 1 aliphatic heterocycles. The minimum Gasteiger partial charge on any atom is -0.493 e. The Morgan fingerprint density at radius 3 is 2.46 bits per heavy atom. The monoisotopic (exact) mass is 348 g/mol. The Hall–Kier alpha value is -1.49. The van der Waals surface area contributed by atoms with E-state index in [9.17, 15) is 0 Å². The van der Waals surface area contributed by atoms with Gasteiger partial charge >= 0.3 is 0 Å². The van der Waals surface area contributed by atoms with Crippen LogP contribution >= 0.6 is 12.2 Å². The number of nitrogens with one attached hydrogen (secondary N) is 1. The number of hydrogen-bond acceptors (Lipinski definition) is 3. The number of thiocarbonyl (C=S) groups is 1. The smallest absolute Gasteiger partial charge is 0.169 e. The molecule has 24 heavy (non-hydrogen) atoms.